The minimum atomic E-state index is -0.176. The Kier molecular flexibility index (Phi) is 4.91. The summed E-state index contributed by atoms with van der Waals surface area (Å²) in [6, 6.07) is 15.5. The van der Waals surface area contributed by atoms with Gasteiger partial charge in [0.2, 0.25) is 0 Å². The zero-order valence-corrected chi connectivity index (χ0v) is 13.5. The third-order valence-electron chi connectivity index (χ3n) is 3.69. The summed E-state index contributed by atoms with van der Waals surface area (Å²) in [5, 5.41) is 2.83. The highest BCUT2D eigenvalue weighted by Crippen LogP contribution is 2.24. The SMILES string of the molecule is CCN(c1ccccc1)c1cncc(C(=O)NCc2ccco2)c1. The Morgan fingerprint density at radius 3 is 2.67 bits per heavy atom. The number of carbonyl (C=O) groups excluding carboxylic acids is 1. The number of nitrogens with one attached hydrogen (secondary N) is 1. The Morgan fingerprint density at radius 2 is 1.96 bits per heavy atom. The summed E-state index contributed by atoms with van der Waals surface area (Å²) in [5.41, 5.74) is 2.47. The molecule has 0 aliphatic heterocycles. The van der Waals surface area contributed by atoms with Gasteiger partial charge in [-0.1, -0.05) is 18.2 Å². The Balaban J connectivity index is 1.76. The van der Waals surface area contributed by atoms with Crippen molar-refractivity contribution in [3.05, 3.63) is 78.5 Å². The van der Waals surface area contributed by atoms with E-state index in [0.717, 1.165) is 17.9 Å². The van der Waals surface area contributed by atoms with E-state index in [1.807, 2.05) is 42.5 Å². The van der Waals surface area contributed by atoms with Crippen LogP contribution in [0.1, 0.15) is 23.0 Å². The van der Waals surface area contributed by atoms with E-state index in [1.54, 1.807) is 24.7 Å². The molecule has 1 N–H and O–H groups in total. The standard InChI is InChI=1S/C19H19N3O2/c1-2-22(16-7-4-3-5-8-16)17-11-15(12-20-13-17)19(23)21-14-18-9-6-10-24-18/h3-13H,2,14H2,1H3,(H,21,23). The third-order valence-corrected chi connectivity index (χ3v) is 3.69. The van der Waals surface area contributed by atoms with E-state index < -0.39 is 0 Å². The molecular weight excluding hydrogens is 302 g/mol. The zero-order chi connectivity index (χ0) is 16.8. The molecule has 24 heavy (non-hydrogen) atoms. The Morgan fingerprint density at radius 1 is 1.12 bits per heavy atom. The first-order chi connectivity index (χ1) is 11.8. The maximum Gasteiger partial charge on any atom is 0.253 e. The van der Waals surface area contributed by atoms with Crippen LogP contribution in [0.5, 0.6) is 0 Å². The van der Waals surface area contributed by atoms with Crippen LogP contribution in [0.4, 0.5) is 11.4 Å². The summed E-state index contributed by atoms with van der Waals surface area (Å²) < 4.78 is 5.22. The number of carbonyl (C=O) groups is 1. The van der Waals surface area contributed by atoms with Gasteiger partial charge in [-0.05, 0) is 37.3 Å². The molecule has 122 valence electrons. The van der Waals surface area contributed by atoms with E-state index >= 15 is 0 Å². The van der Waals surface area contributed by atoms with Crippen LogP contribution in [0.15, 0.2) is 71.6 Å². The second-order valence-corrected chi connectivity index (χ2v) is 5.27. The molecule has 0 spiro atoms. The number of benzene rings is 1. The van der Waals surface area contributed by atoms with Crippen LogP contribution in [0.3, 0.4) is 0 Å². The molecule has 5 heteroatoms. The largest absolute Gasteiger partial charge is 0.467 e. The van der Waals surface area contributed by atoms with Gasteiger partial charge in [0.15, 0.2) is 0 Å². The number of para-hydroxylation sites is 1. The molecule has 3 aromatic rings. The number of pyridine rings is 1. The molecular formula is C19H19N3O2. The van der Waals surface area contributed by atoms with Gasteiger partial charge in [0, 0.05) is 18.4 Å². The summed E-state index contributed by atoms with van der Waals surface area (Å²) >= 11 is 0. The van der Waals surface area contributed by atoms with Crippen molar-refractivity contribution >= 4 is 17.3 Å². The minimum Gasteiger partial charge on any atom is -0.467 e. The average molecular weight is 321 g/mol. The average Bonchev–Trinajstić information content (AvgIpc) is 3.15. The molecule has 0 atom stereocenters. The molecule has 2 aromatic heterocycles. The van der Waals surface area contributed by atoms with Gasteiger partial charge in [0.25, 0.3) is 5.91 Å². The predicted octanol–water partition coefficient (Wildman–Crippen LogP) is 3.76. The van der Waals surface area contributed by atoms with Crippen LogP contribution in [-0.2, 0) is 6.54 Å². The second kappa shape index (κ2) is 7.46. The quantitative estimate of drug-likeness (QED) is 0.751. The third kappa shape index (κ3) is 3.63. The highest BCUT2D eigenvalue weighted by molar-refractivity contribution is 5.94. The van der Waals surface area contributed by atoms with Crippen molar-refractivity contribution < 1.29 is 9.21 Å². The molecule has 5 nitrogen and oxygen atoms in total. The summed E-state index contributed by atoms with van der Waals surface area (Å²) in [6.07, 6.45) is 4.92. The monoisotopic (exact) mass is 321 g/mol. The van der Waals surface area contributed by atoms with E-state index in [4.69, 9.17) is 4.42 Å². The lowest BCUT2D eigenvalue weighted by Gasteiger charge is -2.23. The number of amides is 1. The Labute approximate surface area is 140 Å². The molecule has 3 rings (SSSR count). The number of furan rings is 1. The van der Waals surface area contributed by atoms with Crippen molar-refractivity contribution in [3.8, 4) is 0 Å². The molecule has 0 saturated carbocycles. The first-order valence-electron chi connectivity index (χ1n) is 7.86. The summed E-state index contributed by atoms with van der Waals surface area (Å²) in [7, 11) is 0. The van der Waals surface area contributed by atoms with Crippen LogP contribution >= 0.6 is 0 Å². The van der Waals surface area contributed by atoms with Crippen molar-refractivity contribution in [1.82, 2.24) is 10.3 Å². The molecule has 0 aliphatic carbocycles. The van der Waals surface area contributed by atoms with Crippen LogP contribution in [0.25, 0.3) is 0 Å². The van der Waals surface area contributed by atoms with Crippen LogP contribution in [0.2, 0.25) is 0 Å². The Bertz CT molecular complexity index is 785. The van der Waals surface area contributed by atoms with Crippen molar-refractivity contribution in [2.24, 2.45) is 0 Å². The van der Waals surface area contributed by atoms with Crippen LogP contribution in [0, 0.1) is 0 Å². The summed E-state index contributed by atoms with van der Waals surface area (Å²) in [4.78, 5) is 18.7. The number of nitrogens with zero attached hydrogens (tertiary/aromatic N) is 2. The molecule has 0 unspecified atom stereocenters. The number of anilines is 2. The lowest BCUT2D eigenvalue weighted by molar-refractivity contribution is 0.0947. The zero-order valence-electron chi connectivity index (χ0n) is 13.5. The fourth-order valence-electron chi connectivity index (χ4n) is 2.50. The van der Waals surface area contributed by atoms with Gasteiger partial charge in [0.05, 0.1) is 30.3 Å². The molecule has 0 aliphatic rings. The number of hydrogen-bond acceptors (Lipinski definition) is 4. The first kappa shape index (κ1) is 15.8. The highest BCUT2D eigenvalue weighted by atomic mass is 16.3. The van der Waals surface area contributed by atoms with Gasteiger partial charge in [-0.2, -0.15) is 0 Å². The van der Waals surface area contributed by atoms with Crippen LogP contribution < -0.4 is 10.2 Å². The van der Waals surface area contributed by atoms with Gasteiger partial charge >= 0.3 is 0 Å². The van der Waals surface area contributed by atoms with Gasteiger partial charge in [-0.25, -0.2) is 0 Å². The maximum absolute atomic E-state index is 12.3. The minimum absolute atomic E-state index is 0.176. The first-order valence-corrected chi connectivity index (χ1v) is 7.86. The van der Waals surface area contributed by atoms with Crippen molar-refractivity contribution in [3.63, 3.8) is 0 Å². The second-order valence-electron chi connectivity index (χ2n) is 5.27. The number of hydrogen-bond donors (Lipinski definition) is 1. The number of aromatic nitrogens is 1. The smallest absolute Gasteiger partial charge is 0.253 e. The van der Waals surface area contributed by atoms with E-state index in [1.165, 1.54) is 0 Å². The van der Waals surface area contributed by atoms with Gasteiger partial charge in [-0.3, -0.25) is 9.78 Å². The maximum atomic E-state index is 12.3. The fourth-order valence-corrected chi connectivity index (χ4v) is 2.50. The normalized spacial score (nSPS) is 10.4. The predicted molar refractivity (Wildman–Crippen MR) is 93.2 cm³/mol. The summed E-state index contributed by atoms with van der Waals surface area (Å²) in [6.45, 7) is 3.20. The molecule has 1 amide bonds. The lowest BCUT2D eigenvalue weighted by atomic mass is 10.2. The number of rotatable bonds is 6. The van der Waals surface area contributed by atoms with E-state index in [2.05, 4.69) is 22.1 Å². The summed E-state index contributed by atoms with van der Waals surface area (Å²) in [5.74, 6) is 0.539. The lowest BCUT2D eigenvalue weighted by Crippen LogP contribution is -2.23. The Hall–Kier alpha value is -3.08. The van der Waals surface area contributed by atoms with E-state index in [0.29, 0.717) is 17.9 Å². The van der Waals surface area contributed by atoms with Crippen molar-refractivity contribution in [2.75, 3.05) is 11.4 Å². The molecule has 0 bridgehead atoms. The molecule has 1 aromatic carbocycles. The van der Waals surface area contributed by atoms with Crippen molar-refractivity contribution in [2.45, 2.75) is 13.5 Å². The molecule has 0 fully saturated rings. The van der Waals surface area contributed by atoms with Gasteiger partial charge < -0.3 is 14.6 Å². The molecule has 0 saturated heterocycles. The molecule has 2 heterocycles. The molecule has 0 radical (unpaired) electrons. The van der Waals surface area contributed by atoms with Gasteiger partial charge in [0.1, 0.15) is 5.76 Å². The fraction of sp³-hybridized carbons (Fsp3) is 0.158. The topological polar surface area (TPSA) is 58.4 Å². The highest BCUT2D eigenvalue weighted by Gasteiger charge is 2.12. The van der Waals surface area contributed by atoms with E-state index in [-0.39, 0.29) is 5.91 Å². The van der Waals surface area contributed by atoms with E-state index in [9.17, 15) is 4.79 Å². The van der Waals surface area contributed by atoms with Crippen LogP contribution in [-0.4, -0.2) is 17.4 Å². The van der Waals surface area contributed by atoms with Gasteiger partial charge in [-0.15, -0.1) is 0 Å². The van der Waals surface area contributed by atoms with Crippen molar-refractivity contribution in [1.29, 1.82) is 0 Å².